The highest BCUT2D eigenvalue weighted by atomic mass is 16.1. The van der Waals surface area contributed by atoms with Gasteiger partial charge in [-0.25, -0.2) is 0 Å². The topological polar surface area (TPSA) is 29.1 Å². The molecule has 3 rings (SSSR count). The highest BCUT2D eigenvalue weighted by Gasteiger charge is 2.51. The highest BCUT2D eigenvalue weighted by Crippen LogP contribution is 2.56. The van der Waals surface area contributed by atoms with Crippen molar-refractivity contribution in [2.45, 2.75) is 51.0 Å². The van der Waals surface area contributed by atoms with Gasteiger partial charge in [0, 0.05) is 12.5 Å². The van der Waals surface area contributed by atoms with E-state index in [1.807, 2.05) is 0 Å². The third-order valence-electron chi connectivity index (χ3n) is 4.71. The van der Waals surface area contributed by atoms with Crippen LogP contribution in [0.25, 0.3) is 0 Å². The van der Waals surface area contributed by atoms with Gasteiger partial charge in [-0.3, -0.25) is 4.79 Å². The average Bonchev–Trinajstić information content (AvgIpc) is 2.29. The summed E-state index contributed by atoms with van der Waals surface area (Å²) in [4.78, 5) is 11.2. The first-order valence-corrected chi connectivity index (χ1v) is 5.96. The van der Waals surface area contributed by atoms with E-state index in [9.17, 15) is 4.79 Å². The third-order valence-corrected chi connectivity index (χ3v) is 4.71. The van der Waals surface area contributed by atoms with Gasteiger partial charge < -0.3 is 5.32 Å². The first-order valence-electron chi connectivity index (χ1n) is 5.96. The van der Waals surface area contributed by atoms with Gasteiger partial charge in [-0.1, -0.05) is 0 Å². The molecule has 3 aliphatic rings. The Morgan fingerprint density at radius 2 is 2.07 bits per heavy atom. The zero-order valence-corrected chi connectivity index (χ0v) is 8.88. The van der Waals surface area contributed by atoms with Crippen LogP contribution >= 0.6 is 0 Å². The van der Waals surface area contributed by atoms with Gasteiger partial charge in [0.25, 0.3) is 0 Å². The summed E-state index contributed by atoms with van der Waals surface area (Å²) in [5.41, 5.74) is 0.215. The lowest BCUT2D eigenvalue weighted by atomic mass is 9.67. The molecule has 3 bridgehead atoms. The molecule has 0 radical (unpaired) electrons. The number of nitrogens with one attached hydrogen (secondary N) is 1. The summed E-state index contributed by atoms with van der Waals surface area (Å²) in [6, 6.07) is 0. The summed E-state index contributed by atoms with van der Waals surface area (Å²) in [6.45, 7) is 1.66. The largest absolute Gasteiger partial charge is 0.351 e. The second-order valence-electron chi connectivity index (χ2n) is 5.77. The van der Waals surface area contributed by atoms with Gasteiger partial charge >= 0.3 is 0 Å². The molecule has 4 unspecified atom stereocenters. The maximum absolute atomic E-state index is 11.2. The van der Waals surface area contributed by atoms with Crippen molar-refractivity contribution >= 4 is 5.91 Å². The quantitative estimate of drug-likeness (QED) is 0.679. The van der Waals surface area contributed by atoms with Crippen LogP contribution in [0.5, 0.6) is 0 Å². The SMILES string of the molecule is CC(=O)NC12CCC3CC(CC3C1)C2. The van der Waals surface area contributed by atoms with Crippen LogP contribution in [0.15, 0.2) is 0 Å². The Hall–Kier alpha value is -0.530. The van der Waals surface area contributed by atoms with Crippen LogP contribution in [0.1, 0.15) is 45.4 Å². The molecule has 0 saturated heterocycles. The average molecular weight is 193 g/mol. The van der Waals surface area contributed by atoms with E-state index in [0.717, 1.165) is 17.8 Å². The van der Waals surface area contributed by atoms with Crippen LogP contribution in [0, 0.1) is 17.8 Å². The molecule has 0 spiro atoms. The summed E-state index contributed by atoms with van der Waals surface area (Å²) in [5, 5.41) is 3.24. The Kier molecular flexibility index (Phi) is 1.71. The summed E-state index contributed by atoms with van der Waals surface area (Å²) in [6.07, 6.45) is 8.04. The molecular weight excluding hydrogens is 174 g/mol. The number of fused-ring (bicyclic) bond motifs is 2. The standard InChI is InChI=1S/C12H19NO/c1-8(14)13-12-3-2-10-4-9(6-12)5-11(10)7-12/h9-11H,2-7H2,1H3,(H,13,14). The lowest BCUT2D eigenvalue weighted by Crippen LogP contribution is -2.53. The maximum Gasteiger partial charge on any atom is 0.217 e. The maximum atomic E-state index is 11.2. The Balaban J connectivity index is 1.84. The molecule has 0 aromatic carbocycles. The van der Waals surface area contributed by atoms with Gasteiger partial charge in [-0.05, 0) is 56.3 Å². The predicted octanol–water partition coefficient (Wildman–Crippen LogP) is 2.09. The fourth-order valence-corrected chi connectivity index (χ4v) is 4.45. The van der Waals surface area contributed by atoms with Crippen LogP contribution in [-0.2, 0) is 4.79 Å². The number of carbonyl (C=O) groups excluding carboxylic acids is 1. The van der Waals surface area contributed by atoms with E-state index in [-0.39, 0.29) is 11.4 Å². The van der Waals surface area contributed by atoms with Crippen molar-refractivity contribution in [2.75, 3.05) is 0 Å². The molecule has 0 heterocycles. The molecule has 1 N–H and O–H groups in total. The molecular formula is C12H19NO. The summed E-state index contributed by atoms with van der Waals surface area (Å²) >= 11 is 0. The van der Waals surface area contributed by atoms with E-state index in [1.54, 1.807) is 6.92 Å². The molecule has 3 saturated carbocycles. The Morgan fingerprint density at radius 1 is 1.29 bits per heavy atom. The lowest BCUT2D eigenvalue weighted by Gasteiger charge is -2.45. The number of amides is 1. The fourth-order valence-electron chi connectivity index (χ4n) is 4.45. The second-order valence-corrected chi connectivity index (χ2v) is 5.77. The number of hydrogen-bond donors (Lipinski definition) is 1. The molecule has 2 heteroatoms. The van der Waals surface area contributed by atoms with Crippen LogP contribution in [0.2, 0.25) is 0 Å². The van der Waals surface area contributed by atoms with Crippen molar-refractivity contribution in [1.29, 1.82) is 0 Å². The Morgan fingerprint density at radius 3 is 2.86 bits per heavy atom. The first kappa shape index (κ1) is 8.75. The number of hydrogen-bond acceptors (Lipinski definition) is 1. The van der Waals surface area contributed by atoms with E-state index in [2.05, 4.69) is 5.32 Å². The molecule has 2 nitrogen and oxygen atoms in total. The van der Waals surface area contributed by atoms with Crippen LogP contribution in [0.4, 0.5) is 0 Å². The van der Waals surface area contributed by atoms with Gasteiger partial charge in [0.15, 0.2) is 0 Å². The minimum atomic E-state index is 0.171. The predicted molar refractivity (Wildman–Crippen MR) is 54.7 cm³/mol. The summed E-state index contributed by atoms with van der Waals surface area (Å²) in [5.74, 6) is 3.04. The third kappa shape index (κ3) is 1.19. The monoisotopic (exact) mass is 193 g/mol. The summed E-state index contributed by atoms with van der Waals surface area (Å²) in [7, 11) is 0. The highest BCUT2D eigenvalue weighted by molar-refractivity contribution is 5.73. The number of carbonyl (C=O) groups is 1. The minimum absolute atomic E-state index is 0.171. The first-order chi connectivity index (χ1) is 6.67. The van der Waals surface area contributed by atoms with E-state index < -0.39 is 0 Å². The van der Waals surface area contributed by atoms with Gasteiger partial charge in [0.1, 0.15) is 0 Å². The minimum Gasteiger partial charge on any atom is -0.351 e. The van der Waals surface area contributed by atoms with Gasteiger partial charge in [-0.15, -0.1) is 0 Å². The van der Waals surface area contributed by atoms with Gasteiger partial charge in [0.05, 0.1) is 0 Å². The van der Waals surface area contributed by atoms with Gasteiger partial charge in [-0.2, -0.15) is 0 Å². The molecule has 0 aromatic rings. The zero-order chi connectivity index (χ0) is 9.76. The van der Waals surface area contributed by atoms with Crippen LogP contribution in [0.3, 0.4) is 0 Å². The van der Waals surface area contributed by atoms with Crippen LogP contribution in [-0.4, -0.2) is 11.4 Å². The van der Waals surface area contributed by atoms with Crippen molar-refractivity contribution in [3.63, 3.8) is 0 Å². The number of rotatable bonds is 1. The molecule has 3 aliphatic carbocycles. The smallest absolute Gasteiger partial charge is 0.217 e. The molecule has 14 heavy (non-hydrogen) atoms. The molecule has 4 atom stereocenters. The van der Waals surface area contributed by atoms with Crippen molar-refractivity contribution in [2.24, 2.45) is 17.8 Å². The summed E-state index contributed by atoms with van der Waals surface area (Å²) < 4.78 is 0. The normalized spacial score (nSPS) is 49.4. The van der Waals surface area contributed by atoms with Crippen molar-refractivity contribution in [3.8, 4) is 0 Å². The van der Waals surface area contributed by atoms with E-state index in [4.69, 9.17) is 0 Å². The zero-order valence-electron chi connectivity index (χ0n) is 8.88. The van der Waals surface area contributed by atoms with Crippen molar-refractivity contribution in [3.05, 3.63) is 0 Å². The van der Waals surface area contributed by atoms with E-state index in [1.165, 1.54) is 38.5 Å². The Bertz CT molecular complexity index is 271. The molecule has 0 aliphatic heterocycles. The lowest BCUT2D eigenvalue weighted by molar-refractivity contribution is -0.122. The van der Waals surface area contributed by atoms with E-state index >= 15 is 0 Å². The van der Waals surface area contributed by atoms with Crippen LogP contribution < -0.4 is 5.32 Å². The van der Waals surface area contributed by atoms with Crippen molar-refractivity contribution < 1.29 is 4.79 Å². The Labute approximate surface area is 85.4 Å². The molecule has 1 amide bonds. The van der Waals surface area contributed by atoms with Crippen molar-refractivity contribution in [1.82, 2.24) is 5.32 Å². The fraction of sp³-hybridized carbons (Fsp3) is 0.917. The van der Waals surface area contributed by atoms with Gasteiger partial charge in [0.2, 0.25) is 5.91 Å². The molecule has 78 valence electrons. The van der Waals surface area contributed by atoms with E-state index in [0.29, 0.717) is 0 Å². The molecule has 0 aromatic heterocycles. The second kappa shape index (κ2) is 2.74. The molecule has 3 fully saturated rings.